The molecule has 0 N–H and O–H groups in total. The number of rotatable bonds is 2. The topological polar surface area (TPSA) is 37.8 Å². The van der Waals surface area contributed by atoms with Gasteiger partial charge in [0.2, 0.25) is 0 Å². The van der Waals surface area contributed by atoms with Gasteiger partial charge in [-0.1, -0.05) is 0 Å². The Bertz CT molecular complexity index is 530. The summed E-state index contributed by atoms with van der Waals surface area (Å²) in [6.45, 7) is 10.1. The van der Waals surface area contributed by atoms with Gasteiger partial charge in [0.15, 0.2) is 11.6 Å². The van der Waals surface area contributed by atoms with Gasteiger partial charge in [-0.2, -0.15) is 0 Å². The first kappa shape index (κ1) is 13.3. The van der Waals surface area contributed by atoms with Crippen LogP contribution in [0.15, 0.2) is 12.3 Å². The molecule has 2 fully saturated rings. The highest BCUT2D eigenvalue weighted by molar-refractivity contribution is 5.57. The Hall–Kier alpha value is -1.33. The van der Waals surface area contributed by atoms with Gasteiger partial charge in [0.05, 0.1) is 19.3 Å². The fraction of sp³-hybridized carbons (Fsp3) is 0.688. The Labute approximate surface area is 125 Å². The lowest BCUT2D eigenvalue weighted by atomic mass is 9.99. The van der Waals surface area contributed by atoms with E-state index in [-0.39, 0.29) is 0 Å². The fourth-order valence-electron chi connectivity index (χ4n) is 3.38. The van der Waals surface area contributed by atoms with Crippen molar-refractivity contribution < 1.29 is 9.47 Å². The van der Waals surface area contributed by atoms with E-state index in [4.69, 9.17) is 14.5 Å². The average Bonchev–Trinajstić information content (AvgIpc) is 2.44. The maximum Gasteiger partial charge on any atom is 0.171 e. The summed E-state index contributed by atoms with van der Waals surface area (Å²) >= 11 is 0. The van der Waals surface area contributed by atoms with Gasteiger partial charge in [0, 0.05) is 37.8 Å². The average molecular weight is 289 g/mol. The lowest BCUT2D eigenvalue weighted by molar-refractivity contribution is 0.00816. The number of nitrogens with zero attached hydrogens (tertiary/aromatic N) is 3. The van der Waals surface area contributed by atoms with E-state index in [1.54, 1.807) is 0 Å². The molecule has 3 aliphatic rings. The van der Waals surface area contributed by atoms with Crippen molar-refractivity contribution in [1.29, 1.82) is 0 Å². The van der Waals surface area contributed by atoms with E-state index in [1.807, 2.05) is 6.20 Å². The summed E-state index contributed by atoms with van der Waals surface area (Å²) in [5.74, 6) is 2.48. The Morgan fingerprint density at radius 3 is 2.81 bits per heavy atom. The first-order chi connectivity index (χ1) is 10.2. The third-order valence-electron chi connectivity index (χ3n) is 4.91. The molecule has 1 aromatic heterocycles. The highest BCUT2D eigenvalue weighted by Crippen LogP contribution is 2.36. The molecule has 114 valence electrons. The molecule has 0 aromatic carbocycles. The monoisotopic (exact) mass is 289 g/mol. The normalized spacial score (nSPS) is 26.0. The van der Waals surface area contributed by atoms with Gasteiger partial charge in [-0.15, -0.1) is 0 Å². The van der Waals surface area contributed by atoms with Crippen LogP contribution in [0.5, 0.6) is 5.75 Å². The summed E-state index contributed by atoms with van der Waals surface area (Å²) in [6, 6.07) is 3.20. The number of pyridine rings is 1. The van der Waals surface area contributed by atoms with Crippen molar-refractivity contribution in [3.63, 3.8) is 0 Å². The molecule has 0 amide bonds. The van der Waals surface area contributed by atoms with Crippen LogP contribution in [0.3, 0.4) is 0 Å². The van der Waals surface area contributed by atoms with Crippen LogP contribution in [0.1, 0.15) is 25.3 Å². The van der Waals surface area contributed by atoms with Crippen molar-refractivity contribution in [2.24, 2.45) is 0 Å². The summed E-state index contributed by atoms with van der Waals surface area (Å²) in [6.07, 6.45) is 2.01. The van der Waals surface area contributed by atoms with Gasteiger partial charge >= 0.3 is 0 Å². The van der Waals surface area contributed by atoms with E-state index in [9.17, 15) is 0 Å². The minimum atomic E-state index is 0.430. The van der Waals surface area contributed by atoms with Crippen LogP contribution < -0.4 is 9.64 Å². The highest BCUT2D eigenvalue weighted by Gasteiger charge is 2.35. The molecular formula is C16H23N3O2. The Morgan fingerprint density at radius 2 is 2.10 bits per heavy atom. The molecule has 1 atom stereocenters. The van der Waals surface area contributed by atoms with Gasteiger partial charge in [-0.25, -0.2) is 4.98 Å². The number of aromatic nitrogens is 1. The molecule has 0 radical (unpaired) electrons. The summed E-state index contributed by atoms with van der Waals surface area (Å²) in [4.78, 5) is 9.66. The van der Waals surface area contributed by atoms with Crippen LogP contribution in [0, 0.1) is 0 Å². The van der Waals surface area contributed by atoms with Crippen molar-refractivity contribution in [3.8, 4) is 5.75 Å². The van der Waals surface area contributed by atoms with Gasteiger partial charge < -0.3 is 14.4 Å². The second kappa shape index (κ2) is 5.14. The first-order valence-electron chi connectivity index (χ1n) is 7.93. The molecule has 4 rings (SSSR count). The molecule has 5 heteroatoms. The van der Waals surface area contributed by atoms with Crippen LogP contribution in [0.25, 0.3) is 0 Å². The van der Waals surface area contributed by atoms with Gasteiger partial charge in [0.1, 0.15) is 6.61 Å². The molecule has 3 aliphatic heterocycles. The smallest absolute Gasteiger partial charge is 0.171 e. The number of anilines is 1. The predicted molar refractivity (Wildman–Crippen MR) is 81.1 cm³/mol. The maximum absolute atomic E-state index is 6.01. The van der Waals surface area contributed by atoms with E-state index >= 15 is 0 Å². The van der Waals surface area contributed by atoms with Crippen molar-refractivity contribution >= 4 is 5.82 Å². The molecule has 0 unspecified atom stereocenters. The SMILES string of the molecule is CC(C)N1CCN2c3ncc(C4COC4)cc3OC[C@H]2C1. The number of fused-ring (bicyclic) bond motifs is 3. The quantitative estimate of drug-likeness (QED) is 0.824. The maximum atomic E-state index is 6.01. The zero-order valence-corrected chi connectivity index (χ0v) is 12.8. The number of hydrogen-bond acceptors (Lipinski definition) is 5. The van der Waals surface area contributed by atoms with E-state index in [0.717, 1.165) is 51.0 Å². The van der Waals surface area contributed by atoms with Gasteiger partial charge in [-0.05, 0) is 25.5 Å². The van der Waals surface area contributed by atoms with E-state index in [1.165, 1.54) is 5.56 Å². The molecule has 21 heavy (non-hydrogen) atoms. The van der Waals surface area contributed by atoms with Crippen LogP contribution in [-0.2, 0) is 4.74 Å². The Kier molecular flexibility index (Phi) is 3.27. The number of ether oxygens (including phenoxy) is 2. The van der Waals surface area contributed by atoms with Crippen molar-refractivity contribution in [3.05, 3.63) is 17.8 Å². The lowest BCUT2D eigenvalue weighted by Crippen LogP contribution is -2.58. The molecule has 4 heterocycles. The minimum absolute atomic E-state index is 0.430. The first-order valence-corrected chi connectivity index (χ1v) is 7.93. The predicted octanol–water partition coefficient (Wildman–Crippen LogP) is 1.49. The van der Waals surface area contributed by atoms with Crippen LogP contribution in [0.2, 0.25) is 0 Å². The van der Waals surface area contributed by atoms with Crippen LogP contribution in [0.4, 0.5) is 5.82 Å². The fourth-order valence-corrected chi connectivity index (χ4v) is 3.38. The number of hydrogen-bond donors (Lipinski definition) is 0. The molecule has 1 aromatic rings. The lowest BCUT2D eigenvalue weighted by Gasteiger charge is -2.46. The van der Waals surface area contributed by atoms with Crippen molar-refractivity contribution in [1.82, 2.24) is 9.88 Å². The van der Waals surface area contributed by atoms with Crippen molar-refractivity contribution in [2.75, 3.05) is 44.4 Å². The molecule has 0 aliphatic carbocycles. The highest BCUT2D eigenvalue weighted by atomic mass is 16.5. The van der Waals surface area contributed by atoms with E-state index in [2.05, 4.69) is 29.7 Å². The molecule has 0 saturated carbocycles. The molecule has 0 bridgehead atoms. The zero-order chi connectivity index (χ0) is 14.4. The zero-order valence-electron chi connectivity index (χ0n) is 12.8. The Morgan fingerprint density at radius 1 is 1.24 bits per heavy atom. The number of piperazine rings is 1. The largest absolute Gasteiger partial charge is 0.487 e. The summed E-state index contributed by atoms with van der Waals surface area (Å²) in [5, 5.41) is 0. The third kappa shape index (κ3) is 2.28. The Balaban J connectivity index is 1.56. The second-order valence-corrected chi connectivity index (χ2v) is 6.57. The second-order valence-electron chi connectivity index (χ2n) is 6.57. The van der Waals surface area contributed by atoms with E-state index in [0.29, 0.717) is 18.0 Å². The van der Waals surface area contributed by atoms with E-state index < -0.39 is 0 Å². The summed E-state index contributed by atoms with van der Waals surface area (Å²) < 4.78 is 11.3. The molecular weight excluding hydrogens is 266 g/mol. The summed E-state index contributed by atoms with van der Waals surface area (Å²) in [7, 11) is 0. The molecule has 2 saturated heterocycles. The molecule has 0 spiro atoms. The summed E-state index contributed by atoms with van der Waals surface area (Å²) in [5.41, 5.74) is 1.25. The standard InChI is InChI=1S/C16H23N3O2/c1-11(2)18-3-4-19-14(7-18)10-21-15-5-12(6-17-16(15)19)13-8-20-9-13/h5-6,11,13-14H,3-4,7-10H2,1-2H3/t14-/m1/s1. The minimum Gasteiger partial charge on any atom is -0.487 e. The van der Waals surface area contributed by atoms with Crippen LogP contribution in [-0.4, -0.2) is 61.4 Å². The van der Waals surface area contributed by atoms with Gasteiger partial charge in [0.25, 0.3) is 0 Å². The van der Waals surface area contributed by atoms with Crippen molar-refractivity contribution in [2.45, 2.75) is 31.8 Å². The molecule has 5 nitrogen and oxygen atoms in total. The third-order valence-corrected chi connectivity index (χ3v) is 4.91. The van der Waals surface area contributed by atoms with Gasteiger partial charge in [-0.3, -0.25) is 4.90 Å². The van der Waals surface area contributed by atoms with Crippen LogP contribution >= 0.6 is 0 Å².